The first-order valence-corrected chi connectivity index (χ1v) is 7.01. The van der Waals surface area contributed by atoms with Gasteiger partial charge in [-0.3, -0.25) is 4.79 Å². The van der Waals surface area contributed by atoms with Crippen molar-refractivity contribution in [2.75, 3.05) is 31.6 Å². The highest BCUT2D eigenvalue weighted by Gasteiger charge is 2.27. The highest BCUT2D eigenvalue weighted by molar-refractivity contribution is 5.93. The standard InChI is InChI=1S/C15H18N4O2/c1-10-11-5-3-4-6-12(11)14(18-17-10)19-7-8-21-13(9-19)15(20)16-2/h3-6,13H,7-9H2,1-2H3,(H,16,20). The number of rotatable bonds is 2. The Morgan fingerprint density at radius 2 is 2.10 bits per heavy atom. The van der Waals surface area contributed by atoms with E-state index in [1.54, 1.807) is 7.05 Å². The van der Waals surface area contributed by atoms with Crippen molar-refractivity contribution in [2.24, 2.45) is 0 Å². The van der Waals surface area contributed by atoms with Gasteiger partial charge in [0.1, 0.15) is 0 Å². The van der Waals surface area contributed by atoms with Gasteiger partial charge in [-0.25, -0.2) is 0 Å². The molecule has 110 valence electrons. The quantitative estimate of drug-likeness (QED) is 0.888. The van der Waals surface area contributed by atoms with Gasteiger partial charge in [-0.15, -0.1) is 5.10 Å². The number of morpholine rings is 1. The molecule has 2 heterocycles. The van der Waals surface area contributed by atoms with Crippen LogP contribution in [-0.2, 0) is 9.53 Å². The number of hydrogen-bond donors (Lipinski definition) is 1. The van der Waals surface area contributed by atoms with Gasteiger partial charge >= 0.3 is 0 Å². The number of carbonyl (C=O) groups is 1. The van der Waals surface area contributed by atoms with Gasteiger partial charge in [0.2, 0.25) is 0 Å². The largest absolute Gasteiger partial charge is 0.365 e. The van der Waals surface area contributed by atoms with Crippen LogP contribution in [0.2, 0.25) is 0 Å². The molecule has 1 aliphatic heterocycles. The Morgan fingerprint density at radius 3 is 2.86 bits per heavy atom. The lowest BCUT2D eigenvalue weighted by Gasteiger charge is -2.33. The number of hydrogen-bond acceptors (Lipinski definition) is 5. The van der Waals surface area contributed by atoms with E-state index in [1.165, 1.54) is 0 Å². The lowest BCUT2D eigenvalue weighted by Crippen LogP contribution is -2.49. The smallest absolute Gasteiger partial charge is 0.250 e. The first-order valence-electron chi connectivity index (χ1n) is 7.01. The molecule has 0 aliphatic carbocycles. The van der Waals surface area contributed by atoms with Crippen LogP contribution in [0.1, 0.15) is 5.69 Å². The van der Waals surface area contributed by atoms with Crippen LogP contribution >= 0.6 is 0 Å². The molecule has 0 spiro atoms. The normalized spacial score (nSPS) is 18.8. The third-order valence-electron chi connectivity index (χ3n) is 3.76. The van der Waals surface area contributed by atoms with Crippen molar-refractivity contribution in [1.82, 2.24) is 15.5 Å². The number of benzene rings is 1. The van der Waals surface area contributed by atoms with Crippen LogP contribution in [0.4, 0.5) is 5.82 Å². The molecule has 1 saturated heterocycles. The molecular formula is C15H18N4O2. The lowest BCUT2D eigenvalue weighted by atomic mass is 10.1. The van der Waals surface area contributed by atoms with Gasteiger partial charge in [0, 0.05) is 24.4 Å². The molecule has 1 aromatic carbocycles. The van der Waals surface area contributed by atoms with E-state index in [4.69, 9.17) is 4.74 Å². The zero-order valence-electron chi connectivity index (χ0n) is 12.2. The number of nitrogens with zero attached hydrogens (tertiary/aromatic N) is 3. The third-order valence-corrected chi connectivity index (χ3v) is 3.76. The maximum atomic E-state index is 11.8. The van der Waals surface area contributed by atoms with E-state index in [-0.39, 0.29) is 5.91 Å². The number of anilines is 1. The molecule has 1 aliphatic rings. The average molecular weight is 286 g/mol. The van der Waals surface area contributed by atoms with Crippen LogP contribution in [-0.4, -0.2) is 49.0 Å². The topological polar surface area (TPSA) is 67.4 Å². The summed E-state index contributed by atoms with van der Waals surface area (Å²) in [5, 5.41) is 13.4. The van der Waals surface area contributed by atoms with Gasteiger partial charge in [0.15, 0.2) is 11.9 Å². The van der Waals surface area contributed by atoms with Gasteiger partial charge in [-0.1, -0.05) is 24.3 Å². The molecule has 3 rings (SSSR count). The molecule has 2 aromatic rings. The first-order chi connectivity index (χ1) is 10.2. The van der Waals surface area contributed by atoms with Gasteiger partial charge in [-0.2, -0.15) is 5.10 Å². The van der Waals surface area contributed by atoms with Crippen molar-refractivity contribution < 1.29 is 9.53 Å². The minimum atomic E-state index is -0.467. The molecule has 1 fully saturated rings. The van der Waals surface area contributed by atoms with E-state index in [1.807, 2.05) is 31.2 Å². The zero-order chi connectivity index (χ0) is 14.8. The van der Waals surface area contributed by atoms with E-state index in [2.05, 4.69) is 20.4 Å². The highest BCUT2D eigenvalue weighted by atomic mass is 16.5. The number of aryl methyl sites for hydroxylation is 1. The fourth-order valence-electron chi connectivity index (χ4n) is 2.62. The van der Waals surface area contributed by atoms with E-state index in [0.29, 0.717) is 19.7 Å². The molecule has 1 unspecified atom stereocenters. The summed E-state index contributed by atoms with van der Waals surface area (Å²) in [6.07, 6.45) is -0.467. The molecular weight excluding hydrogens is 268 g/mol. The Morgan fingerprint density at radius 1 is 1.33 bits per heavy atom. The molecule has 21 heavy (non-hydrogen) atoms. The van der Waals surface area contributed by atoms with Crippen LogP contribution < -0.4 is 10.2 Å². The molecule has 1 N–H and O–H groups in total. The fourth-order valence-corrected chi connectivity index (χ4v) is 2.62. The molecule has 0 radical (unpaired) electrons. The van der Waals surface area contributed by atoms with Crippen molar-refractivity contribution in [2.45, 2.75) is 13.0 Å². The number of fused-ring (bicyclic) bond motifs is 1. The van der Waals surface area contributed by atoms with Crippen LogP contribution in [0.5, 0.6) is 0 Å². The second kappa shape index (κ2) is 5.65. The summed E-state index contributed by atoms with van der Waals surface area (Å²) in [5.41, 5.74) is 0.908. The summed E-state index contributed by atoms with van der Waals surface area (Å²) in [4.78, 5) is 13.8. The lowest BCUT2D eigenvalue weighted by molar-refractivity contribution is -0.132. The SMILES string of the molecule is CNC(=O)C1CN(c2nnc(C)c3ccccc23)CCO1. The Hall–Kier alpha value is -2.21. The number of nitrogens with one attached hydrogen (secondary N) is 1. The molecule has 1 aromatic heterocycles. The summed E-state index contributed by atoms with van der Waals surface area (Å²) >= 11 is 0. The molecule has 1 amide bonds. The summed E-state index contributed by atoms with van der Waals surface area (Å²) in [6, 6.07) is 8.06. The predicted molar refractivity (Wildman–Crippen MR) is 80.3 cm³/mol. The van der Waals surface area contributed by atoms with Crippen LogP contribution in [0.3, 0.4) is 0 Å². The summed E-state index contributed by atoms with van der Waals surface area (Å²) in [5.74, 6) is 0.706. The fraction of sp³-hybridized carbons (Fsp3) is 0.400. The average Bonchev–Trinajstić information content (AvgIpc) is 2.55. The molecule has 0 bridgehead atoms. The maximum Gasteiger partial charge on any atom is 0.250 e. The van der Waals surface area contributed by atoms with Crippen LogP contribution in [0.25, 0.3) is 10.8 Å². The van der Waals surface area contributed by atoms with Crippen molar-refractivity contribution in [3.05, 3.63) is 30.0 Å². The number of likely N-dealkylation sites (N-methyl/N-ethyl adjacent to an activating group) is 1. The van der Waals surface area contributed by atoms with Crippen molar-refractivity contribution in [3.63, 3.8) is 0 Å². The molecule has 0 saturated carbocycles. The van der Waals surface area contributed by atoms with Gasteiger partial charge in [0.25, 0.3) is 5.91 Å². The number of carbonyl (C=O) groups excluding carboxylic acids is 1. The number of ether oxygens (including phenoxy) is 1. The van der Waals surface area contributed by atoms with Gasteiger partial charge in [-0.05, 0) is 6.92 Å². The van der Waals surface area contributed by atoms with Crippen LogP contribution in [0, 0.1) is 6.92 Å². The van der Waals surface area contributed by atoms with Crippen molar-refractivity contribution in [3.8, 4) is 0 Å². The summed E-state index contributed by atoms with van der Waals surface area (Å²) in [6.45, 7) is 3.64. The highest BCUT2D eigenvalue weighted by Crippen LogP contribution is 2.26. The zero-order valence-corrected chi connectivity index (χ0v) is 12.2. The van der Waals surface area contributed by atoms with Crippen LogP contribution in [0.15, 0.2) is 24.3 Å². The van der Waals surface area contributed by atoms with E-state index < -0.39 is 6.10 Å². The minimum Gasteiger partial charge on any atom is -0.365 e. The summed E-state index contributed by atoms with van der Waals surface area (Å²) in [7, 11) is 1.62. The Bertz CT molecular complexity index is 674. The van der Waals surface area contributed by atoms with E-state index in [0.717, 1.165) is 22.3 Å². The number of aromatic nitrogens is 2. The minimum absolute atomic E-state index is 0.107. The Kier molecular flexibility index (Phi) is 3.70. The van der Waals surface area contributed by atoms with E-state index >= 15 is 0 Å². The summed E-state index contributed by atoms with van der Waals surface area (Å²) < 4.78 is 5.52. The molecule has 6 heteroatoms. The maximum absolute atomic E-state index is 11.8. The Balaban J connectivity index is 1.97. The van der Waals surface area contributed by atoms with Crippen molar-refractivity contribution in [1.29, 1.82) is 0 Å². The monoisotopic (exact) mass is 286 g/mol. The predicted octanol–water partition coefficient (Wildman–Crippen LogP) is 0.889. The number of amides is 1. The first kappa shape index (κ1) is 13.8. The molecule has 1 atom stereocenters. The second-order valence-electron chi connectivity index (χ2n) is 5.07. The molecule has 6 nitrogen and oxygen atoms in total. The van der Waals surface area contributed by atoms with Crippen molar-refractivity contribution >= 4 is 22.5 Å². The second-order valence-corrected chi connectivity index (χ2v) is 5.07. The third kappa shape index (κ3) is 2.54. The van der Waals surface area contributed by atoms with Gasteiger partial charge < -0.3 is 15.0 Å². The van der Waals surface area contributed by atoms with Gasteiger partial charge in [0.05, 0.1) is 18.8 Å². The Labute approximate surface area is 123 Å². The van der Waals surface area contributed by atoms with E-state index in [9.17, 15) is 4.79 Å².